The highest BCUT2D eigenvalue weighted by Gasteiger charge is 2.55. The van der Waals surface area contributed by atoms with E-state index in [1.54, 1.807) is 12.1 Å². The molecule has 0 fully saturated rings. The number of hydrogen-bond acceptors (Lipinski definition) is 2. The second-order valence-electron chi connectivity index (χ2n) is 6.34. The summed E-state index contributed by atoms with van der Waals surface area (Å²) in [4.78, 5) is 20.9. The van der Waals surface area contributed by atoms with Crippen LogP contribution in [0, 0.1) is 6.92 Å². The Morgan fingerprint density at radius 3 is 1.76 bits per heavy atom. The molecule has 0 saturated carbocycles. The van der Waals surface area contributed by atoms with Crippen molar-refractivity contribution in [2.75, 3.05) is 5.32 Å². The van der Waals surface area contributed by atoms with Crippen LogP contribution in [0.3, 0.4) is 0 Å². The number of aryl methyl sites for hydroxylation is 1. The Balaban J connectivity index is 2.02. The van der Waals surface area contributed by atoms with Gasteiger partial charge in [-0.25, -0.2) is 0 Å². The zero-order valence-electron chi connectivity index (χ0n) is 13.7. The van der Waals surface area contributed by atoms with Gasteiger partial charge in [0.05, 0.1) is 0 Å². The number of benzene rings is 3. The molecule has 0 heterocycles. The molecule has 0 aromatic heterocycles. The van der Waals surface area contributed by atoms with Crippen LogP contribution in [0.1, 0.15) is 16.7 Å². The van der Waals surface area contributed by atoms with Crippen molar-refractivity contribution >= 4 is 13.3 Å². The minimum atomic E-state index is -4.60. The van der Waals surface area contributed by atoms with Gasteiger partial charge in [-0.05, 0) is 30.2 Å². The zero-order valence-corrected chi connectivity index (χ0v) is 14.6. The largest absolute Gasteiger partial charge is 0.362 e. The van der Waals surface area contributed by atoms with Crippen molar-refractivity contribution in [2.45, 2.75) is 12.2 Å². The smallest absolute Gasteiger partial charge is 0.359 e. The van der Waals surface area contributed by atoms with Crippen LogP contribution in [0.15, 0.2) is 72.8 Å². The third-order valence-corrected chi connectivity index (χ3v) is 6.21. The second-order valence-corrected chi connectivity index (χ2v) is 8.10. The second kappa shape index (κ2) is 5.57. The van der Waals surface area contributed by atoms with Crippen molar-refractivity contribution in [1.29, 1.82) is 0 Å². The van der Waals surface area contributed by atoms with Crippen LogP contribution in [-0.2, 0) is 9.85 Å². The van der Waals surface area contributed by atoms with Crippen LogP contribution in [-0.4, -0.2) is 9.79 Å². The molecule has 3 N–H and O–H groups in total. The van der Waals surface area contributed by atoms with E-state index in [1.165, 1.54) is 0 Å². The monoisotopic (exact) mass is 351 g/mol. The van der Waals surface area contributed by atoms with Gasteiger partial charge >= 0.3 is 7.60 Å². The van der Waals surface area contributed by atoms with Gasteiger partial charge in [0.2, 0.25) is 0 Å². The highest BCUT2D eigenvalue weighted by Crippen LogP contribution is 2.66. The summed E-state index contributed by atoms with van der Waals surface area (Å²) in [6.07, 6.45) is 0. The summed E-state index contributed by atoms with van der Waals surface area (Å²) in [5, 5.41) is 1.58. The van der Waals surface area contributed by atoms with E-state index in [0.29, 0.717) is 16.8 Å². The molecule has 126 valence electrons. The predicted molar refractivity (Wildman–Crippen MR) is 99.5 cm³/mol. The molecular formula is C20H18NO3P. The van der Waals surface area contributed by atoms with Crippen LogP contribution in [0.5, 0.6) is 0 Å². The quantitative estimate of drug-likeness (QED) is 0.609. The highest BCUT2D eigenvalue weighted by molar-refractivity contribution is 7.53. The van der Waals surface area contributed by atoms with Gasteiger partial charge in [-0.15, -0.1) is 0 Å². The lowest BCUT2D eigenvalue weighted by Gasteiger charge is -2.34. The van der Waals surface area contributed by atoms with Crippen LogP contribution >= 0.6 is 7.60 Å². The van der Waals surface area contributed by atoms with Crippen LogP contribution < -0.4 is 5.32 Å². The molecule has 0 unspecified atom stereocenters. The Morgan fingerprint density at radius 1 is 0.800 bits per heavy atom. The Bertz CT molecular complexity index is 946. The summed E-state index contributed by atoms with van der Waals surface area (Å²) in [5.74, 6) is 0. The third-order valence-electron chi connectivity index (χ3n) is 4.74. The predicted octanol–water partition coefficient (Wildman–Crippen LogP) is 4.47. The average Bonchev–Trinajstić information content (AvgIpc) is 2.89. The van der Waals surface area contributed by atoms with Gasteiger partial charge in [-0.1, -0.05) is 66.2 Å². The van der Waals surface area contributed by atoms with E-state index in [-0.39, 0.29) is 0 Å². The normalized spacial score (nSPS) is 14.7. The summed E-state index contributed by atoms with van der Waals surface area (Å²) in [6, 6.07) is 22.3. The summed E-state index contributed by atoms with van der Waals surface area (Å²) < 4.78 is 12.8. The van der Waals surface area contributed by atoms with Gasteiger partial charge in [0.25, 0.3) is 0 Å². The molecule has 0 spiro atoms. The lowest BCUT2D eigenvalue weighted by atomic mass is 10.0. The molecule has 5 heteroatoms. The van der Waals surface area contributed by atoms with E-state index >= 15 is 0 Å². The fourth-order valence-electron chi connectivity index (χ4n) is 3.58. The third kappa shape index (κ3) is 2.34. The summed E-state index contributed by atoms with van der Waals surface area (Å²) in [6.45, 7) is 1.97. The molecule has 1 aliphatic carbocycles. The maximum absolute atomic E-state index is 12.8. The lowest BCUT2D eigenvalue weighted by Crippen LogP contribution is -2.34. The summed E-state index contributed by atoms with van der Waals surface area (Å²) in [7, 11) is -4.60. The maximum Gasteiger partial charge on any atom is 0.359 e. The first-order valence-electron chi connectivity index (χ1n) is 8.03. The molecule has 3 aromatic carbocycles. The minimum absolute atomic E-state index is 0.602. The highest BCUT2D eigenvalue weighted by atomic mass is 31.2. The molecule has 4 rings (SSSR count). The van der Waals surface area contributed by atoms with Gasteiger partial charge in [0.15, 0.2) is 5.28 Å². The first kappa shape index (κ1) is 16.1. The van der Waals surface area contributed by atoms with Crippen molar-refractivity contribution < 1.29 is 14.4 Å². The van der Waals surface area contributed by atoms with E-state index in [2.05, 4.69) is 5.32 Å². The average molecular weight is 351 g/mol. The van der Waals surface area contributed by atoms with Crippen LogP contribution in [0.25, 0.3) is 11.1 Å². The molecule has 0 atom stereocenters. The molecule has 0 bridgehead atoms. The van der Waals surface area contributed by atoms with Crippen molar-refractivity contribution in [3.63, 3.8) is 0 Å². The van der Waals surface area contributed by atoms with Gasteiger partial charge < -0.3 is 15.1 Å². The lowest BCUT2D eigenvalue weighted by molar-refractivity contribution is 0.348. The fraction of sp³-hybridized carbons (Fsp3) is 0.100. The molecule has 0 aliphatic heterocycles. The van der Waals surface area contributed by atoms with Crippen molar-refractivity contribution in [2.24, 2.45) is 0 Å². The van der Waals surface area contributed by atoms with Crippen molar-refractivity contribution in [3.8, 4) is 11.1 Å². The van der Waals surface area contributed by atoms with Crippen molar-refractivity contribution in [3.05, 3.63) is 89.5 Å². The van der Waals surface area contributed by atoms with Crippen LogP contribution in [0.4, 0.5) is 5.69 Å². The number of rotatable bonds is 3. The molecule has 0 saturated heterocycles. The van der Waals surface area contributed by atoms with E-state index in [1.807, 2.05) is 67.6 Å². The molecule has 0 amide bonds. The molecule has 25 heavy (non-hydrogen) atoms. The molecule has 0 radical (unpaired) electrons. The van der Waals surface area contributed by atoms with E-state index in [4.69, 9.17) is 0 Å². The van der Waals surface area contributed by atoms with E-state index in [0.717, 1.165) is 16.7 Å². The summed E-state index contributed by atoms with van der Waals surface area (Å²) in [5.41, 5.74) is 4.65. The molecular weight excluding hydrogens is 333 g/mol. The molecule has 4 nitrogen and oxygen atoms in total. The number of nitrogens with one attached hydrogen (secondary N) is 1. The zero-order chi connectivity index (χ0) is 17.7. The molecule has 1 aliphatic rings. The Labute approximate surface area is 146 Å². The first-order chi connectivity index (χ1) is 11.9. The summed E-state index contributed by atoms with van der Waals surface area (Å²) >= 11 is 0. The van der Waals surface area contributed by atoms with Gasteiger partial charge in [0.1, 0.15) is 0 Å². The SMILES string of the molecule is Cc1ccc(NC2(P(=O)(O)O)c3ccccc3-c3ccccc32)cc1. The Hall–Kier alpha value is -2.39. The number of fused-ring (bicyclic) bond motifs is 3. The van der Waals surface area contributed by atoms with Crippen molar-refractivity contribution in [1.82, 2.24) is 0 Å². The van der Waals surface area contributed by atoms with Gasteiger partial charge in [-0.2, -0.15) is 0 Å². The van der Waals surface area contributed by atoms with Gasteiger partial charge in [0, 0.05) is 16.8 Å². The Kier molecular flexibility index (Phi) is 3.58. The number of anilines is 1. The Morgan fingerprint density at radius 2 is 1.28 bits per heavy atom. The minimum Gasteiger partial charge on any atom is -0.362 e. The number of hydrogen-bond donors (Lipinski definition) is 3. The fourth-order valence-corrected chi connectivity index (χ4v) is 4.87. The molecule has 3 aromatic rings. The standard InChI is InChI=1S/C20H18NO3P/c1-14-10-12-15(13-11-14)21-20(25(22,23)24)18-8-4-2-6-16(18)17-7-3-5-9-19(17)20/h2-13,21H,1H3,(H2,22,23,24). The topological polar surface area (TPSA) is 69.6 Å². The van der Waals surface area contributed by atoms with Gasteiger partial charge in [-0.3, -0.25) is 4.57 Å². The van der Waals surface area contributed by atoms with E-state index < -0.39 is 12.9 Å². The first-order valence-corrected chi connectivity index (χ1v) is 9.64. The maximum atomic E-state index is 12.8. The van der Waals surface area contributed by atoms with Crippen LogP contribution in [0.2, 0.25) is 0 Å². The van der Waals surface area contributed by atoms with E-state index in [9.17, 15) is 14.4 Å².